The van der Waals surface area contributed by atoms with E-state index < -0.39 is 0 Å². The molecular weight excluding hydrogens is 374 g/mol. The molecule has 6 nitrogen and oxygen atoms in total. The number of nitrogens with zero attached hydrogens (tertiary/aromatic N) is 2. The van der Waals surface area contributed by atoms with Gasteiger partial charge in [-0.3, -0.25) is 9.69 Å². The molecule has 7 heteroatoms. The van der Waals surface area contributed by atoms with Gasteiger partial charge in [-0.15, -0.1) is 11.3 Å². The number of methoxy groups -OCH3 is 1. The summed E-state index contributed by atoms with van der Waals surface area (Å²) < 4.78 is 5.83. The minimum atomic E-state index is -0.374. The van der Waals surface area contributed by atoms with E-state index in [1.165, 1.54) is 7.11 Å². The molecule has 0 saturated carbocycles. The fraction of sp³-hybridized carbons (Fsp3) is 0.286. The van der Waals surface area contributed by atoms with Gasteiger partial charge in [0.25, 0.3) is 0 Å². The van der Waals surface area contributed by atoms with Crippen LogP contribution in [0.25, 0.3) is 10.2 Å². The lowest BCUT2D eigenvalue weighted by atomic mass is 10.1. The zero-order chi connectivity index (χ0) is 20.1. The van der Waals surface area contributed by atoms with Crippen LogP contribution in [0.1, 0.15) is 27.9 Å². The summed E-state index contributed by atoms with van der Waals surface area (Å²) in [4.78, 5) is 30.6. The van der Waals surface area contributed by atoms with Crippen molar-refractivity contribution in [2.75, 3.05) is 14.2 Å². The van der Waals surface area contributed by atoms with Crippen molar-refractivity contribution in [1.29, 1.82) is 0 Å². The highest BCUT2D eigenvalue weighted by Gasteiger charge is 2.19. The number of fused-ring (bicyclic) bond motifs is 1. The number of aromatic nitrogens is 1. The highest BCUT2D eigenvalue weighted by atomic mass is 32.1. The monoisotopic (exact) mass is 397 g/mol. The molecule has 1 heterocycles. The van der Waals surface area contributed by atoms with Gasteiger partial charge in [-0.05, 0) is 43.8 Å². The molecule has 146 valence electrons. The molecule has 1 aromatic heterocycles. The van der Waals surface area contributed by atoms with Crippen LogP contribution in [0, 0.1) is 0 Å². The highest BCUT2D eigenvalue weighted by Crippen LogP contribution is 2.22. The number of esters is 1. The van der Waals surface area contributed by atoms with Gasteiger partial charge in [0.1, 0.15) is 5.01 Å². The van der Waals surface area contributed by atoms with Crippen LogP contribution in [0.3, 0.4) is 0 Å². The normalized spacial score (nSPS) is 12.1. The molecule has 1 N–H and O–H groups in total. The molecule has 0 aliphatic rings. The van der Waals surface area contributed by atoms with E-state index in [0.29, 0.717) is 18.7 Å². The first-order valence-electron chi connectivity index (χ1n) is 8.97. The molecule has 0 bridgehead atoms. The lowest BCUT2D eigenvalue weighted by Crippen LogP contribution is -2.42. The lowest BCUT2D eigenvalue weighted by Gasteiger charge is -2.22. The number of amides is 1. The molecule has 28 heavy (non-hydrogen) atoms. The Balaban J connectivity index is 1.53. The number of para-hydroxylation sites is 1. The molecule has 0 radical (unpaired) electrons. The molecule has 0 saturated heterocycles. The summed E-state index contributed by atoms with van der Waals surface area (Å²) in [6, 6.07) is 14.7. The van der Waals surface area contributed by atoms with Gasteiger partial charge in [-0.2, -0.15) is 0 Å². The maximum Gasteiger partial charge on any atom is 0.337 e. The summed E-state index contributed by atoms with van der Waals surface area (Å²) in [5.74, 6) is -0.429. The zero-order valence-electron chi connectivity index (χ0n) is 16.1. The van der Waals surface area contributed by atoms with Crippen LogP contribution in [0.4, 0.5) is 0 Å². The number of likely N-dealkylation sites (N-methyl/N-ethyl adjacent to an activating group) is 1. The van der Waals surface area contributed by atoms with E-state index in [4.69, 9.17) is 0 Å². The van der Waals surface area contributed by atoms with E-state index in [0.717, 1.165) is 20.8 Å². The maximum atomic E-state index is 12.5. The zero-order valence-corrected chi connectivity index (χ0v) is 17.0. The van der Waals surface area contributed by atoms with E-state index >= 15 is 0 Å². The number of hydrogen-bond donors (Lipinski definition) is 1. The van der Waals surface area contributed by atoms with Gasteiger partial charge in [-0.1, -0.05) is 24.3 Å². The summed E-state index contributed by atoms with van der Waals surface area (Å²) in [5.41, 5.74) is 2.40. The minimum absolute atomic E-state index is 0.0549. The van der Waals surface area contributed by atoms with Crippen molar-refractivity contribution < 1.29 is 14.3 Å². The Morgan fingerprint density at radius 2 is 1.89 bits per heavy atom. The summed E-state index contributed by atoms with van der Waals surface area (Å²) in [6.45, 7) is 2.89. The molecule has 0 spiro atoms. The summed E-state index contributed by atoms with van der Waals surface area (Å²) >= 11 is 1.65. The van der Waals surface area contributed by atoms with Crippen LogP contribution in [0.15, 0.2) is 48.5 Å². The topological polar surface area (TPSA) is 71.5 Å². The van der Waals surface area contributed by atoms with Gasteiger partial charge in [0.05, 0.1) is 35.5 Å². The van der Waals surface area contributed by atoms with Crippen molar-refractivity contribution in [1.82, 2.24) is 15.2 Å². The average Bonchev–Trinajstić information content (AvgIpc) is 3.13. The second kappa shape index (κ2) is 8.95. The molecule has 1 unspecified atom stereocenters. The average molecular weight is 398 g/mol. The quantitative estimate of drug-likeness (QED) is 0.620. The Bertz CT molecular complexity index is 935. The van der Waals surface area contributed by atoms with Crippen molar-refractivity contribution in [2.24, 2.45) is 0 Å². The first-order valence-corrected chi connectivity index (χ1v) is 9.79. The van der Waals surface area contributed by atoms with Crippen LogP contribution < -0.4 is 5.32 Å². The molecule has 0 aliphatic heterocycles. The Hall–Kier alpha value is -2.77. The number of carbonyl (C=O) groups excluding carboxylic acids is 2. The number of hydrogen-bond acceptors (Lipinski definition) is 6. The second-order valence-electron chi connectivity index (χ2n) is 6.57. The summed E-state index contributed by atoms with van der Waals surface area (Å²) in [7, 11) is 3.27. The molecule has 1 atom stereocenters. The van der Waals surface area contributed by atoms with Crippen LogP contribution >= 0.6 is 11.3 Å². The van der Waals surface area contributed by atoms with E-state index in [1.807, 2.05) is 49.2 Å². The van der Waals surface area contributed by atoms with E-state index in [-0.39, 0.29) is 17.9 Å². The molecular formula is C21H23N3O3S. The number of ether oxygens (including phenoxy) is 1. The fourth-order valence-corrected chi connectivity index (χ4v) is 3.78. The summed E-state index contributed by atoms with van der Waals surface area (Å²) in [5, 5.41) is 3.93. The minimum Gasteiger partial charge on any atom is -0.465 e. The Kier molecular flexibility index (Phi) is 6.38. The third-order valence-corrected chi connectivity index (χ3v) is 5.63. The second-order valence-corrected chi connectivity index (χ2v) is 7.69. The number of benzene rings is 2. The largest absolute Gasteiger partial charge is 0.465 e. The third kappa shape index (κ3) is 4.74. The van der Waals surface area contributed by atoms with Crippen LogP contribution in [-0.4, -0.2) is 42.0 Å². The van der Waals surface area contributed by atoms with Gasteiger partial charge < -0.3 is 10.1 Å². The molecule has 0 aliphatic carbocycles. The maximum absolute atomic E-state index is 12.5. The third-order valence-electron chi connectivity index (χ3n) is 4.61. The number of rotatable bonds is 7. The number of carbonyl (C=O) groups is 2. The first-order chi connectivity index (χ1) is 13.5. The molecule has 3 aromatic rings. The van der Waals surface area contributed by atoms with E-state index in [9.17, 15) is 9.59 Å². The van der Waals surface area contributed by atoms with Gasteiger partial charge in [0.15, 0.2) is 0 Å². The molecule has 3 rings (SSSR count). The van der Waals surface area contributed by atoms with Crippen molar-refractivity contribution in [3.8, 4) is 0 Å². The van der Waals surface area contributed by atoms with Crippen molar-refractivity contribution >= 4 is 33.4 Å². The number of nitrogens with one attached hydrogen (secondary N) is 1. The molecule has 1 amide bonds. The fourth-order valence-electron chi connectivity index (χ4n) is 2.75. The Morgan fingerprint density at radius 3 is 2.57 bits per heavy atom. The van der Waals surface area contributed by atoms with Gasteiger partial charge >= 0.3 is 5.97 Å². The highest BCUT2D eigenvalue weighted by molar-refractivity contribution is 7.18. The summed E-state index contributed by atoms with van der Waals surface area (Å²) in [6.07, 6.45) is 0. The smallest absolute Gasteiger partial charge is 0.337 e. The lowest BCUT2D eigenvalue weighted by molar-refractivity contribution is -0.125. The predicted octanol–water partition coefficient (Wildman–Crippen LogP) is 3.22. The SMILES string of the molecule is COC(=O)c1ccc(CNC(=O)C(C)N(C)Cc2nc3ccccc3s2)cc1. The van der Waals surface area contributed by atoms with Crippen molar-refractivity contribution in [3.63, 3.8) is 0 Å². The molecule has 2 aromatic carbocycles. The van der Waals surface area contributed by atoms with E-state index in [1.54, 1.807) is 23.5 Å². The Labute approximate surface area is 168 Å². The Morgan fingerprint density at radius 1 is 1.18 bits per heavy atom. The number of thiazole rings is 1. The predicted molar refractivity (Wildman–Crippen MR) is 110 cm³/mol. The van der Waals surface area contributed by atoms with Crippen LogP contribution in [0.2, 0.25) is 0 Å². The van der Waals surface area contributed by atoms with Gasteiger partial charge in [-0.25, -0.2) is 9.78 Å². The van der Waals surface area contributed by atoms with Crippen molar-refractivity contribution in [2.45, 2.75) is 26.1 Å². The molecule has 0 fully saturated rings. The van der Waals surface area contributed by atoms with Crippen molar-refractivity contribution in [3.05, 3.63) is 64.7 Å². The first kappa shape index (κ1) is 20.0. The van der Waals surface area contributed by atoms with E-state index in [2.05, 4.69) is 21.1 Å². The van der Waals surface area contributed by atoms with Gasteiger partial charge in [0.2, 0.25) is 5.91 Å². The van der Waals surface area contributed by atoms with Crippen LogP contribution in [0.5, 0.6) is 0 Å². The van der Waals surface area contributed by atoms with Gasteiger partial charge in [0, 0.05) is 6.54 Å². The van der Waals surface area contributed by atoms with Crippen LogP contribution in [-0.2, 0) is 22.6 Å². The standard InChI is InChI=1S/C21H23N3O3S/c1-14(24(2)13-19-23-17-6-4-5-7-18(17)28-19)20(25)22-12-15-8-10-16(11-9-15)21(26)27-3/h4-11,14H,12-13H2,1-3H3,(H,22,25).